The molecule has 0 bridgehead atoms. The fourth-order valence-corrected chi connectivity index (χ4v) is 3.58. The molecule has 4 aromatic rings. The van der Waals surface area contributed by atoms with Crippen LogP contribution in [0, 0.1) is 0 Å². The molecule has 0 saturated carbocycles. The summed E-state index contributed by atoms with van der Waals surface area (Å²) in [6.45, 7) is 5.47. The summed E-state index contributed by atoms with van der Waals surface area (Å²) in [7, 11) is 0. The number of rotatable bonds is 6. The zero-order chi connectivity index (χ0) is 24.1. The largest absolute Gasteiger partial charge is 0.457 e. The topological polar surface area (TPSA) is 74.4 Å². The number of benzene rings is 3. The number of nitrogens with two attached hydrogens (primary N) is 1. The molecule has 3 aromatic carbocycles. The predicted molar refractivity (Wildman–Crippen MR) is 135 cm³/mol. The van der Waals surface area contributed by atoms with Gasteiger partial charge in [0.25, 0.3) is 0 Å². The number of esters is 1. The van der Waals surface area contributed by atoms with Crippen LogP contribution in [-0.2, 0) is 9.53 Å². The van der Waals surface area contributed by atoms with Gasteiger partial charge in [0, 0.05) is 16.7 Å². The average molecular weight is 453 g/mol. The summed E-state index contributed by atoms with van der Waals surface area (Å²) in [6.07, 6.45) is -1.02. The second kappa shape index (κ2) is 9.79. The van der Waals surface area contributed by atoms with E-state index < -0.39 is 17.7 Å². The highest BCUT2D eigenvalue weighted by Crippen LogP contribution is 2.38. The lowest BCUT2D eigenvalue weighted by molar-refractivity contribution is -0.164. The van der Waals surface area contributed by atoms with Crippen molar-refractivity contribution in [2.24, 2.45) is 0 Å². The van der Waals surface area contributed by atoms with Crippen LogP contribution in [0.1, 0.15) is 32.4 Å². The van der Waals surface area contributed by atoms with Gasteiger partial charge in [0.2, 0.25) is 12.0 Å². The summed E-state index contributed by atoms with van der Waals surface area (Å²) in [5.74, 6) is -0.328. The van der Waals surface area contributed by atoms with Crippen LogP contribution in [0.5, 0.6) is 5.88 Å². The molecule has 0 amide bonds. The van der Waals surface area contributed by atoms with Gasteiger partial charge in [-0.25, -0.2) is 9.78 Å². The Hall–Kier alpha value is -4.12. The van der Waals surface area contributed by atoms with Gasteiger partial charge >= 0.3 is 5.97 Å². The van der Waals surface area contributed by atoms with E-state index in [9.17, 15) is 4.79 Å². The maximum atomic E-state index is 13.2. The van der Waals surface area contributed by atoms with Crippen molar-refractivity contribution in [3.63, 3.8) is 0 Å². The van der Waals surface area contributed by atoms with E-state index in [-0.39, 0.29) is 5.88 Å². The minimum Gasteiger partial charge on any atom is -0.457 e. The highest BCUT2D eigenvalue weighted by molar-refractivity contribution is 5.84. The van der Waals surface area contributed by atoms with Crippen molar-refractivity contribution in [1.82, 2.24) is 4.98 Å². The van der Waals surface area contributed by atoms with Crippen molar-refractivity contribution in [3.8, 4) is 28.3 Å². The first-order valence-corrected chi connectivity index (χ1v) is 11.2. The van der Waals surface area contributed by atoms with Crippen LogP contribution < -0.4 is 10.5 Å². The molecular weight excluding hydrogens is 424 g/mol. The van der Waals surface area contributed by atoms with Crippen molar-refractivity contribution in [1.29, 1.82) is 0 Å². The number of pyridine rings is 1. The standard InChI is InChI=1S/C29H28N2O3/c1-29(2,3)34-28(32)26(22-17-11-6-12-18-22)33-27-25(30)23(20-13-7-4-8-14-20)19-24(31-27)21-15-9-5-10-16-21/h4-19,26H,30H2,1-3H3. The summed E-state index contributed by atoms with van der Waals surface area (Å²) in [4.78, 5) is 17.9. The molecule has 5 nitrogen and oxygen atoms in total. The minimum absolute atomic E-state index is 0.180. The van der Waals surface area contributed by atoms with Crippen molar-refractivity contribution in [2.75, 3.05) is 5.73 Å². The van der Waals surface area contributed by atoms with E-state index in [0.717, 1.165) is 16.7 Å². The molecule has 5 heteroatoms. The van der Waals surface area contributed by atoms with E-state index in [1.54, 1.807) is 0 Å². The zero-order valence-corrected chi connectivity index (χ0v) is 19.6. The molecule has 1 heterocycles. The molecular formula is C29H28N2O3. The monoisotopic (exact) mass is 452 g/mol. The van der Waals surface area contributed by atoms with Gasteiger partial charge in [-0.2, -0.15) is 0 Å². The van der Waals surface area contributed by atoms with Gasteiger partial charge in [-0.05, 0) is 32.4 Å². The zero-order valence-electron chi connectivity index (χ0n) is 19.6. The number of carbonyl (C=O) groups excluding carboxylic acids is 1. The molecule has 34 heavy (non-hydrogen) atoms. The lowest BCUT2D eigenvalue weighted by atomic mass is 10.0. The first-order chi connectivity index (χ1) is 16.3. The maximum absolute atomic E-state index is 13.2. The SMILES string of the molecule is CC(C)(C)OC(=O)C(Oc1nc(-c2ccccc2)cc(-c2ccccc2)c1N)c1ccccc1. The number of ether oxygens (including phenoxy) is 2. The van der Waals surface area contributed by atoms with E-state index in [1.807, 2.05) is 118 Å². The first kappa shape index (κ1) is 23.1. The van der Waals surface area contributed by atoms with E-state index in [4.69, 9.17) is 20.2 Å². The predicted octanol–water partition coefficient (Wildman–Crippen LogP) is 6.46. The Morgan fingerprint density at radius 3 is 1.91 bits per heavy atom. The van der Waals surface area contributed by atoms with Crippen LogP contribution in [-0.4, -0.2) is 16.6 Å². The number of nitrogen functional groups attached to an aromatic ring is 1. The maximum Gasteiger partial charge on any atom is 0.352 e. The molecule has 0 spiro atoms. The summed E-state index contributed by atoms with van der Waals surface area (Å²) in [5, 5.41) is 0. The number of hydrogen-bond donors (Lipinski definition) is 1. The lowest BCUT2D eigenvalue weighted by Gasteiger charge is -2.25. The molecule has 0 aliphatic rings. The van der Waals surface area contributed by atoms with E-state index >= 15 is 0 Å². The number of hydrogen-bond acceptors (Lipinski definition) is 5. The molecule has 1 aromatic heterocycles. The lowest BCUT2D eigenvalue weighted by Crippen LogP contribution is -2.30. The van der Waals surface area contributed by atoms with E-state index in [1.165, 1.54) is 0 Å². The summed E-state index contributed by atoms with van der Waals surface area (Å²) in [5.41, 5.74) is 10.2. The first-order valence-electron chi connectivity index (χ1n) is 11.2. The quantitative estimate of drug-likeness (QED) is 0.340. The molecule has 1 atom stereocenters. The second-order valence-electron chi connectivity index (χ2n) is 8.95. The van der Waals surface area contributed by atoms with Gasteiger partial charge in [0.15, 0.2) is 0 Å². The van der Waals surface area contributed by atoms with Gasteiger partial charge in [-0.1, -0.05) is 91.0 Å². The highest BCUT2D eigenvalue weighted by Gasteiger charge is 2.30. The molecule has 0 aliphatic carbocycles. The Bertz CT molecular complexity index is 1250. The van der Waals surface area contributed by atoms with Crippen molar-refractivity contribution in [2.45, 2.75) is 32.5 Å². The molecule has 0 aliphatic heterocycles. The molecule has 1 unspecified atom stereocenters. The molecule has 2 N–H and O–H groups in total. The second-order valence-corrected chi connectivity index (χ2v) is 8.95. The third kappa shape index (κ3) is 5.44. The summed E-state index contributed by atoms with van der Waals surface area (Å²) in [6, 6.07) is 30.8. The Kier molecular flexibility index (Phi) is 6.64. The van der Waals surface area contributed by atoms with E-state index in [0.29, 0.717) is 16.9 Å². The molecule has 0 saturated heterocycles. The van der Waals surface area contributed by atoms with Crippen LogP contribution in [0.3, 0.4) is 0 Å². The van der Waals surface area contributed by atoms with Crippen LogP contribution >= 0.6 is 0 Å². The Labute approximate surface area is 200 Å². The molecule has 4 rings (SSSR count). The Morgan fingerprint density at radius 2 is 1.35 bits per heavy atom. The third-order valence-electron chi connectivity index (χ3n) is 5.13. The minimum atomic E-state index is -1.02. The van der Waals surface area contributed by atoms with Crippen molar-refractivity contribution in [3.05, 3.63) is 103 Å². The molecule has 0 fully saturated rings. The average Bonchev–Trinajstić information content (AvgIpc) is 2.84. The number of aromatic nitrogens is 1. The third-order valence-corrected chi connectivity index (χ3v) is 5.13. The summed E-state index contributed by atoms with van der Waals surface area (Å²) < 4.78 is 11.9. The van der Waals surface area contributed by atoms with Crippen LogP contribution in [0.4, 0.5) is 5.69 Å². The van der Waals surface area contributed by atoms with Crippen molar-refractivity contribution < 1.29 is 14.3 Å². The van der Waals surface area contributed by atoms with Gasteiger partial charge in [-0.15, -0.1) is 0 Å². The van der Waals surface area contributed by atoms with Gasteiger partial charge < -0.3 is 15.2 Å². The van der Waals surface area contributed by atoms with Gasteiger partial charge in [-0.3, -0.25) is 0 Å². The molecule has 0 radical (unpaired) electrons. The normalized spacial score (nSPS) is 12.1. The Morgan fingerprint density at radius 1 is 0.824 bits per heavy atom. The van der Waals surface area contributed by atoms with Crippen LogP contribution in [0.2, 0.25) is 0 Å². The summed E-state index contributed by atoms with van der Waals surface area (Å²) >= 11 is 0. The number of carbonyl (C=O) groups is 1. The van der Waals surface area contributed by atoms with Gasteiger partial charge in [0.05, 0.1) is 5.69 Å². The number of nitrogens with zero attached hydrogens (tertiary/aromatic N) is 1. The van der Waals surface area contributed by atoms with Crippen LogP contribution in [0.15, 0.2) is 97.1 Å². The van der Waals surface area contributed by atoms with Crippen molar-refractivity contribution >= 4 is 11.7 Å². The van der Waals surface area contributed by atoms with E-state index in [2.05, 4.69) is 0 Å². The van der Waals surface area contributed by atoms with Crippen LogP contribution in [0.25, 0.3) is 22.4 Å². The fourth-order valence-electron chi connectivity index (χ4n) is 3.58. The van der Waals surface area contributed by atoms with Gasteiger partial charge in [0.1, 0.15) is 11.3 Å². The highest BCUT2D eigenvalue weighted by atomic mass is 16.6. The fraction of sp³-hybridized carbons (Fsp3) is 0.172. The molecule has 172 valence electrons. The number of anilines is 1. The smallest absolute Gasteiger partial charge is 0.352 e. The Balaban J connectivity index is 1.83.